The summed E-state index contributed by atoms with van der Waals surface area (Å²) in [5.74, 6) is 5.25. The molecule has 0 aliphatic rings. The van der Waals surface area contributed by atoms with E-state index in [2.05, 4.69) is 59.0 Å². The van der Waals surface area contributed by atoms with Crippen LogP contribution in [0.3, 0.4) is 0 Å². The van der Waals surface area contributed by atoms with E-state index >= 15 is 0 Å². The normalized spacial score (nSPS) is 14.8. The van der Waals surface area contributed by atoms with Crippen molar-refractivity contribution in [2.24, 2.45) is 17.3 Å². The molecule has 0 fully saturated rings. The van der Waals surface area contributed by atoms with Crippen molar-refractivity contribution in [3.05, 3.63) is 0 Å². The number of thioether (sulfide) groups is 1. The molecular weight excluding hydrogens is 208 g/mol. The highest BCUT2D eigenvalue weighted by Gasteiger charge is 2.15. The van der Waals surface area contributed by atoms with Crippen molar-refractivity contribution < 1.29 is 0 Å². The molecule has 0 aliphatic carbocycles. The minimum Gasteiger partial charge on any atom is -0.179 e. The first kappa shape index (κ1) is 14.7. The van der Waals surface area contributed by atoms with E-state index < -0.39 is 0 Å². The predicted octanol–water partition coefficient (Wildman–Crippen LogP) is 4.36. The minimum atomic E-state index is 0.414. The summed E-state index contributed by atoms with van der Waals surface area (Å²) in [5.41, 5.74) is 0.414. The van der Waals surface area contributed by atoms with Crippen LogP contribution in [0, 0.1) is 17.3 Å². The fraction of sp³-hybridized carbons (Fsp3) is 1.00. The van der Waals surface area contributed by atoms with Gasteiger partial charge in [-0.1, -0.05) is 34.6 Å². The van der Waals surface area contributed by atoms with Crippen LogP contribution in [0.2, 0.25) is 0 Å². The quantitative estimate of drug-likeness (QED) is 0.504. The van der Waals surface area contributed by atoms with Gasteiger partial charge in [0.25, 0.3) is 0 Å². The van der Waals surface area contributed by atoms with E-state index in [0.717, 1.165) is 17.6 Å². The second kappa shape index (κ2) is 7.05. The van der Waals surface area contributed by atoms with Crippen LogP contribution in [-0.2, 0) is 0 Å². The molecule has 0 aromatic carbocycles. The van der Waals surface area contributed by atoms with Crippen LogP contribution in [0.15, 0.2) is 0 Å². The molecule has 0 saturated heterocycles. The Balaban J connectivity index is 3.47. The molecule has 0 rings (SSSR count). The molecule has 0 spiro atoms. The van der Waals surface area contributed by atoms with Gasteiger partial charge < -0.3 is 0 Å². The van der Waals surface area contributed by atoms with Crippen molar-refractivity contribution in [2.45, 2.75) is 41.0 Å². The molecule has 14 heavy (non-hydrogen) atoms. The summed E-state index contributed by atoms with van der Waals surface area (Å²) in [7, 11) is 0. The number of thiol groups is 1. The molecule has 0 aromatic rings. The van der Waals surface area contributed by atoms with Crippen molar-refractivity contribution in [3.63, 3.8) is 0 Å². The van der Waals surface area contributed by atoms with Gasteiger partial charge in [0, 0.05) is 0 Å². The zero-order valence-electron chi connectivity index (χ0n) is 10.3. The standard InChI is InChI=1S/C12H26S2/c1-10(2)11(3)8-14-7-6-12(4,5)9-13/h10-11,13H,6-9H2,1-5H3. The highest BCUT2D eigenvalue weighted by atomic mass is 32.2. The third-order valence-corrected chi connectivity index (χ3v) is 4.98. The summed E-state index contributed by atoms with van der Waals surface area (Å²) in [6.07, 6.45) is 1.28. The molecule has 0 aromatic heterocycles. The molecule has 0 N–H and O–H groups in total. The van der Waals surface area contributed by atoms with Gasteiger partial charge in [0.05, 0.1) is 0 Å². The highest BCUT2D eigenvalue weighted by molar-refractivity contribution is 7.99. The molecule has 1 unspecified atom stereocenters. The molecule has 0 amide bonds. The van der Waals surface area contributed by atoms with Crippen LogP contribution >= 0.6 is 24.4 Å². The van der Waals surface area contributed by atoms with Crippen LogP contribution in [0.5, 0.6) is 0 Å². The summed E-state index contributed by atoms with van der Waals surface area (Å²) >= 11 is 6.47. The van der Waals surface area contributed by atoms with Crippen LogP contribution in [0.1, 0.15) is 41.0 Å². The maximum atomic E-state index is 4.37. The van der Waals surface area contributed by atoms with E-state index in [1.165, 1.54) is 17.9 Å². The zero-order chi connectivity index (χ0) is 11.2. The Hall–Kier alpha value is 0.700. The van der Waals surface area contributed by atoms with Crippen molar-refractivity contribution in [3.8, 4) is 0 Å². The Morgan fingerprint density at radius 3 is 2.21 bits per heavy atom. The van der Waals surface area contributed by atoms with E-state index in [-0.39, 0.29) is 0 Å². The lowest BCUT2D eigenvalue weighted by atomic mass is 9.93. The Morgan fingerprint density at radius 1 is 1.21 bits per heavy atom. The van der Waals surface area contributed by atoms with Crippen LogP contribution in [0.4, 0.5) is 0 Å². The molecule has 2 heteroatoms. The van der Waals surface area contributed by atoms with Crippen LogP contribution < -0.4 is 0 Å². The van der Waals surface area contributed by atoms with Gasteiger partial charge in [-0.05, 0) is 40.9 Å². The van der Waals surface area contributed by atoms with Crippen molar-refractivity contribution in [1.29, 1.82) is 0 Å². The molecule has 0 nitrogen and oxygen atoms in total. The third kappa shape index (κ3) is 7.05. The molecular formula is C12H26S2. The van der Waals surface area contributed by atoms with E-state index in [1.54, 1.807) is 0 Å². The summed E-state index contributed by atoms with van der Waals surface area (Å²) in [4.78, 5) is 0. The zero-order valence-corrected chi connectivity index (χ0v) is 12.0. The smallest absolute Gasteiger partial charge is 0.00393 e. The van der Waals surface area contributed by atoms with Crippen molar-refractivity contribution in [1.82, 2.24) is 0 Å². The van der Waals surface area contributed by atoms with Crippen LogP contribution in [-0.4, -0.2) is 17.3 Å². The van der Waals surface area contributed by atoms with Crippen LogP contribution in [0.25, 0.3) is 0 Å². The highest BCUT2D eigenvalue weighted by Crippen LogP contribution is 2.25. The average Bonchev–Trinajstić information content (AvgIpc) is 2.12. The van der Waals surface area contributed by atoms with Gasteiger partial charge >= 0.3 is 0 Å². The largest absolute Gasteiger partial charge is 0.179 e. The first-order valence-corrected chi connectivity index (χ1v) is 7.36. The second-order valence-electron chi connectivity index (χ2n) is 5.37. The van der Waals surface area contributed by atoms with Gasteiger partial charge in [-0.15, -0.1) is 0 Å². The van der Waals surface area contributed by atoms with E-state index in [0.29, 0.717) is 5.41 Å². The fourth-order valence-electron chi connectivity index (χ4n) is 0.889. The maximum Gasteiger partial charge on any atom is -0.00393 e. The second-order valence-corrected chi connectivity index (χ2v) is 6.83. The third-order valence-electron chi connectivity index (χ3n) is 2.87. The summed E-state index contributed by atoms with van der Waals surface area (Å²) in [6.45, 7) is 11.6. The molecule has 0 bridgehead atoms. The number of hydrogen-bond acceptors (Lipinski definition) is 2. The van der Waals surface area contributed by atoms with Gasteiger partial charge in [-0.2, -0.15) is 24.4 Å². The Kier molecular flexibility index (Phi) is 7.41. The maximum absolute atomic E-state index is 4.37. The Morgan fingerprint density at radius 2 is 1.79 bits per heavy atom. The molecule has 86 valence electrons. The van der Waals surface area contributed by atoms with Gasteiger partial charge in [-0.25, -0.2) is 0 Å². The topological polar surface area (TPSA) is 0 Å². The number of rotatable bonds is 7. The summed E-state index contributed by atoms with van der Waals surface area (Å²) in [5, 5.41) is 0. The Bertz CT molecular complexity index is 141. The Labute approximate surface area is 100 Å². The molecule has 0 heterocycles. The van der Waals surface area contributed by atoms with Gasteiger partial charge in [0.15, 0.2) is 0 Å². The molecule has 0 radical (unpaired) electrons. The number of hydrogen-bond donors (Lipinski definition) is 1. The van der Waals surface area contributed by atoms with Crippen molar-refractivity contribution >= 4 is 24.4 Å². The fourth-order valence-corrected chi connectivity index (χ4v) is 2.67. The lowest BCUT2D eigenvalue weighted by Gasteiger charge is -2.22. The summed E-state index contributed by atoms with van der Waals surface area (Å²) in [6, 6.07) is 0. The van der Waals surface area contributed by atoms with E-state index in [4.69, 9.17) is 0 Å². The monoisotopic (exact) mass is 234 g/mol. The predicted molar refractivity (Wildman–Crippen MR) is 73.6 cm³/mol. The SMILES string of the molecule is CC(C)C(C)CSCCC(C)(C)CS. The van der Waals surface area contributed by atoms with Crippen molar-refractivity contribution in [2.75, 3.05) is 17.3 Å². The first-order chi connectivity index (χ1) is 6.39. The van der Waals surface area contributed by atoms with Gasteiger partial charge in [-0.3, -0.25) is 0 Å². The summed E-state index contributed by atoms with van der Waals surface area (Å²) < 4.78 is 0. The average molecular weight is 234 g/mol. The van der Waals surface area contributed by atoms with Gasteiger partial charge in [0.1, 0.15) is 0 Å². The minimum absolute atomic E-state index is 0.414. The molecule has 1 atom stereocenters. The first-order valence-electron chi connectivity index (χ1n) is 5.57. The van der Waals surface area contributed by atoms with E-state index in [1.807, 2.05) is 0 Å². The lowest BCUT2D eigenvalue weighted by molar-refractivity contribution is 0.412. The molecule has 0 aliphatic heterocycles. The lowest BCUT2D eigenvalue weighted by Crippen LogP contribution is -2.15. The molecule has 0 saturated carbocycles. The van der Waals surface area contributed by atoms with Gasteiger partial charge in [0.2, 0.25) is 0 Å². The van der Waals surface area contributed by atoms with E-state index in [9.17, 15) is 0 Å².